The standard InChI is InChI=1S/C29H35FN2O4S/c1-16(2)21-9-18(14-31)10-22-17(3)28(19-7-6-8-19)26(12-23(21)22)32-37(35,36)27-11-20(15-33)24(13-25(27)30)29(4,5)34/h9-11,13,16-17,19,32-34H,6-8,12,15H2,1-5H3. The van der Waals surface area contributed by atoms with E-state index in [4.69, 9.17) is 0 Å². The lowest BCUT2D eigenvalue weighted by atomic mass is 9.68. The molecule has 1 unspecified atom stereocenters. The van der Waals surface area contributed by atoms with Gasteiger partial charge in [0.05, 0.1) is 23.8 Å². The van der Waals surface area contributed by atoms with E-state index in [0.717, 1.165) is 53.7 Å². The number of halogens is 1. The monoisotopic (exact) mass is 526 g/mol. The molecule has 0 saturated heterocycles. The highest BCUT2D eigenvalue weighted by atomic mass is 32.2. The molecule has 4 rings (SSSR count). The lowest BCUT2D eigenvalue weighted by Gasteiger charge is -2.39. The Balaban J connectivity index is 1.83. The average molecular weight is 527 g/mol. The molecule has 0 heterocycles. The maximum atomic E-state index is 15.2. The highest BCUT2D eigenvalue weighted by Crippen LogP contribution is 2.47. The molecule has 0 aliphatic heterocycles. The van der Waals surface area contributed by atoms with Crippen LogP contribution in [0.2, 0.25) is 0 Å². The van der Waals surface area contributed by atoms with Crippen LogP contribution < -0.4 is 4.72 Å². The number of sulfonamides is 1. The average Bonchev–Trinajstić information content (AvgIpc) is 2.78. The van der Waals surface area contributed by atoms with E-state index in [1.54, 1.807) is 0 Å². The third-order valence-electron chi connectivity index (χ3n) is 7.78. The molecule has 8 heteroatoms. The van der Waals surface area contributed by atoms with Gasteiger partial charge in [-0.25, -0.2) is 12.8 Å². The summed E-state index contributed by atoms with van der Waals surface area (Å²) in [5.74, 6) is -0.716. The van der Waals surface area contributed by atoms with Crippen LogP contribution in [0.4, 0.5) is 4.39 Å². The molecular weight excluding hydrogens is 491 g/mol. The maximum Gasteiger partial charge on any atom is 0.264 e. The third kappa shape index (κ3) is 5.05. The van der Waals surface area contributed by atoms with Crippen molar-refractivity contribution in [1.29, 1.82) is 5.26 Å². The zero-order valence-corrected chi connectivity index (χ0v) is 22.8. The molecule has 1 atom stereocenters. The number of aliphatic hydroxyl groups is 2. The van der Waals surface area contributed by atoms with E-state index in [2.05, 4.69) is 10.8 Å². The molecule has 2 aromatic rings. The molecular formula is C29H35FN2O4S. The minimum Gasteiger partial charge on any atom is -0.392 e. The Morgan fingerprint density at radius 1 is 1.22 bits per heavy atom. The van der Waals surface area contributed by atoms with Gasteiger partial charge in [-0.1, -0.05) is 27.2 Å². The number of nitrogens with one attached hydrogen (secondary N) is 1. The van der Waals surface area contributed by atoms with Crippen molar-refractivity contribution < 1.29 is 23.0 Å². The van der Waals surface area contributed by atoms with Gasteiger partial charge in [0.25, 0.3) is 10.0 Å². The summed E-state index contributed by atoms with van der Waals surface area (Å²) in [6.45, 7) is 8.51. The first-order valence-electron chi connectivity index (χ1n) is 12.8. The second-order valence-electron chi connectivity index (χ2n) is 11.1. The van der Waals surface area contributed by atoms with E-state index in [-0.39, 0.29) is 28.9 Å². The summed E-state index contributed by atoms with van der Waals surface area (Å²) in [5, 5.41) is 29.8. The summed E-state index contributed by atoms with van der Waals surface area (Å²) >= 11 is 0. The highest BCUT2D eigenvalue weighted by Gasteiger charge is 2.36. The van der Waals surface area contributed by atoms with E-state index in [1.165, 1.54) is 13.8 Å². The minimum atomic E-state index is -4.34. The van der Waals surface area contributed by atoms with Crippen LogP contribution in [-0.2, 0) is 28.7 Å². The Kier molecular flexibility index (Phi) is 7.28. The zero-order valence-electron chi connectivity index (χ0n) is 22.0. The van der Waals surface area contributed by atoms with E-state index < -0.39 is 32.9 Å². The van der Waals surface area contributed by atoms with Gasteiger partial charge in [-0.2, -0.15) is 5.26 Å². The van der Waals surface area contributed by atoms with Gasteiger partial charge in [0, 0.05) is 18.0 Å². The van der Waals surface area contributed by atoms with Crippen molar-refractivity contribution in [2.75, 3.05) is 0 Å². The number of fused-ring (bicyclic) bond motifs is 1. The van der Waals surface area contributed by atoms with Gasteiger partial charge in [-0.05, 0) is 96.2 Å². The summed E-state index contributed by atoms with van der Waals surface area (Å²) in [6, 6.07) is 8.14. The number of benzene rings is 2. The Hall–Kier alpha value is -2.73. The van der Waals surface area contributed by atoms with Crippen LogP contribution in [-0.4, -0.2) is 18.6 Å². The SMILES string of the molecule is CC(C)c1cc(C#N)cc2c1CC(NS(=O)(=O)c1cc(CO)c(C(C)(C)O)cc1F)=C(C1CCC1)C2C. The van der Waals surface area contributed by atoms with Crippen molar-refractivity contribution >= 4 is 10.0 Å². The van der Waals surface area contributed by atoms with Crippen molar-refractivity contribution in [3.8, 4) is 6.07 Å². The van der Waals surface area contributed by atoms with Crippen LogP contribution >= 0.6 is 0 Å². The van der Waals surface area contributed by atoms with Crippen LogP contribution in [0, 0.1) is 23.1 Å². The fourth-order valence-electron chi connectivity index (χ4n) is 5.73. The van der Waals surface area contributed by atoms with Gasteiger partial charge < -0.3 is 10.2 Å². The quantitative estimate of drug-likeness (QED) is 0.457. The van der Waals surface area contributed by atoms with Gasteiger partial charge in [-0.15, -0.1) is 0 Å². The van der Waals surface area contributed by atoms with Crippen LogP contribution in [0.25, 0.3) is 0 Å². The predicted molar refractivity (Wildman–Crippen MR) is 140 cm³/mol. The fourth-order valence-corrected chi connectivity index (χ4v) is 6.97. The van der Waals surface area contributed by atoms with Gasteiger partial charge in [0.2, 0.25) is 0 Å². The summed E-state index contributed by atoms with van der Waals surface area (Å²) in [5.41, 5.74) is 4.06. The fraction of sp³-hybridized carbons (Fsp3) is 0.483. The molecule has 1 saturated carbocycles. The van der Waals surface area contributed by atoms with E-state index in [1.807, 2.05) is 32.9 Å². The lowest BCUT2D eigenvalue weighted by Crippen LogP contribution is -2.33. The molecule has 198 valence electrons. The Morgan fingerprint density at radius 2 is 1.89 bits per heavy atom. The second-order valence-corrected chi connectivity index (χ2v) is 12.8. The molecule has 2 aliphatic carbocycles. The van der Waals surface area contributed by atoms with Crippen molar-refractivity contribution in [3.05, 3.63) is 74.7 Å². The van der Waals surface area contributed by atoms with Crippen LogP contribution in [0.3, 0.4) is 0 Å². The highest BCUT2D eigenvalue weighted by molar-refractivity contribution is 7.89. The van der Waals surface area contributed by atoms with Gasteiger partial charge in [0.1, 0.15) is 10.7 Å². The van der Waals surface area contributed by atoms with E-state index in [0.29, 0.717) is 17.7 Å². The summed E-state index contributed by atoms with van der Waals surface area (Å²) in [6.07, 6.45) is 3.33. The molecule has 0 spiro atoms. The predicted octanol–water partition coefficient (Wildman–Crippen LogP) is 5.23. The molecule has 2 aromatic carbocycles. The molecule has 37 heavy (non-hydrogen) atoms. The largest absolute Gasteiger partial charge is 0.392 e. The number of rotatable bonds is 7. The van der Waals surface area contributed by atoms with Crippen LogP contribution in [0.5, 0.6) is 0 Å². The van der Waals surface area contributed by atoms with Gasteiger partial charge >= 0.3 is 0 Å². The van der Waals surface area contributed by atoms with E-state index in [9.17, 15) is 23.9 Å². The Labute approximate surface area is 218 Å². The molecule has 2 aliphatic rings. The number of aliphatic hydroxyl groups excluding tert-OH is 1. The van der Waals surface area contributed by atoms with Gasteiger partial charge in [-0.3, -0.25) is 4.72 Å². The molecule has 0 radical (unpaired) electrons. The molecule has 3 N–H and O–H groups in total. The number of allylic oxidation sites excluding steroid dienone is 2. The minimum absolute atomic E-state index is 0.0898. The zero-order chi connectivity index (χ0) is 27.3. The lowest BCUT2D eigenvalue weighted by molar-refractivity contribution is 0.0754. The summed E-state index contributed by atoms with van der Waals surface area (Å²) < 4.78 is 45.1. The summed E-state index contributed by atoms with van der Waals surface area (Å²) in [4.78, 5) is -0.563. The summed E-state index contributed by atoms with van der Waals surface area (Å²) in [7, 11) is -4.34. The molecule has 0 bridgehead atoms. The molecule has 6 nitrogen and oxygen atoms in total. The van der Waals surface area contributed by atoms with E-state index >= 15 is 4.39 Å². The number of hydrogen-bond donors (Lipinski definition) is 3. The maximum absolute atomic E-state index is 15.2. The number of hydrogen-bond acceptors (Lipinski definition) is 5. The molecule has 1 fully saturated rings. The van der Waals surface area contributed by atoms with Crippen LogP contribution in [0.15, 0.2) is 40.4 Å². The van der Waals surface area contributed by atoms with Crippen molar-refractivity contribution in [3.63, 3.8) is 0 Å². The number of nitrogens with zero attached hydrogens (tertiary/aromatic N) is 1. The smallest absolute Gasteiger partial charge is 0.264 e. The topological polar surface area (TPSA) is 110 Å². The van der Waals surface area contributed by atoms with Crippen molar-refractivity contribution in [2.45, 2.75) is 89.2 Å². The van der Waals surface area contributed by atoms with Crippen molar-refractivity contribution in [1.82, 2.24) is 4.72 Å². The van der Waals surface area contributed by atoms with Crippen LogP contribution in [0.1, 0.15) is 99.1 Å². The molecule has 0 aromatic heterocycles. The third-order valence-corrected chi connectivity index (χ3v) is 9.19. The Morgan fingerprint density at radius 3 is 2.41 bits per heavy atom. The van der Waals surface area contributed by atoms with Gasteiger partial charge in [0.15, 0.2) is 0 Å². The number of nitriles is 1. The first-order chi connectivity index (χ1) is 17.3. The Bertz CT molecular complexity index is 1410. The first kappa shape index (κ1) is 27.3. The van der Waals surface area contributed by atoms with Crippen molar-refractivity contribution in [2.24, 2.45) is 5.92 Å². The first-order valence-corrected chi connectivity index (χ1v) is 14.3. The normalized spacial score (nSPS) is 18.4. The second kappa shape index (κ2) is 9.86. The molecule has 0 amide bonds.